The van der Waals surface area contributed by atoms with Crippen LogP contribution in [0.2, 0.25) is 0 Å². The first-order valence-electron chi connectivity index (χ1n) is 6.58. The highest BCUT2D eigenvalue weighted by atomic mass is 16.7. The van der Waals surface area contributed by atoms with Crippen LogP contribution in [0.15, 0.2) is 30.3 Å². The fraction of sp³-hybridized carbons (Fsp3) is 0.538. The lowest BCUT2D eigenvalue weighted by Crippen LogP contribution is -2.61. The van der Waals surface area contributed by atoms with Gasteiger partial charge in [-0.3, -0.25) is 0 Å². The Bertz CT molecular complexity index is 469. The van der Waals surface area contributed by atoms with E-state index < -0.39 is 37.0 Å². The summed E-state index contributed by atoms with van der Waals surface area (Å²) in [6.45, 7) is -0.0239. The third-order valence-corrected chi connectivity index (χ3v) is 3.29. The first kappa shape index (κ1) is 11.8. The highest BCUT2D eigenvalue weighted by molar-refractivity contribution is 5.16. The van der Waals surface area contributed by atoms with E-state index >= 15 is 0 Å². The van der Waals surface area contributed by atoms with Gasteiger partial charge in [-0.05, 0) is 0 Å². The molecule has 2 aliphatic rings. The molecule has 6 heteroatoms. The minimum absolute atomic E-state index is 0.0239. The van der Waals surface area contributed by atoms with Gasteiger partial charge in [-0.25, -0.2) is 0 Å². The fourth-order valence-electron chi connectivity index (χ4n) is 2.24. The summed E-state index contributed by atoms with van der Waals surface area (Å²) in [6.07, 6.45) is -7.76. The third-order valence-electron chi connectivity index (χ3n) is 3.29. The van der Waals surface area contributed by atoms with Crippen LogP contribution in [-0.4, -0.2) is 52.6 Å². The molecule has 2 fully saturated rings. The average Bonchev–Trinajstić information content (AvgIpc) is 2.47. The van der Waals surface area contributed by atoms with Gasteiger partial charge in [0.2, 0.25) is 0 Å². The SMILES string of the molecule is [2H]C1(c2ccccc2)OC[C@H]2OC(O)[C@H](O)[C@@H](O)[C@@H]2O1. The van der Waals surface area contributed by atoms with E-state index in [0.29, 0.717) is 5.56 Å². The number of ether oxygens (including phenoxy) is 3. The van der Waals surface area contributed by atoms with Crippen molar-refractivity contribution in [1.82, 2.24) is 0 Å². The topological polar surface area (TPSA) is 88.4 Å². The van der Waals surface area contributed by atoms with E-state index in [9.17, 15) is 15.3 Å². The van der Waals surface area contributed by atoms with Gasteiger partial charge in [0.05, 0.1) is 7.98 Å². The van der Waals surface area contributed by atoms with Crippen LogP contribution in [0.4, 0.5) is 0 Å². The molecule has 0 aromatic heterocycles. The number of hydrogen-bond acceptors (Lipinski definition) is 6. The number of rotatable bonds is 1. The molecule has 1 aromatic carbocycles. The van der Waals surface area contributed by atoms with Gasteiger partial charge in [-0.2, -0.15) is 0 Å². The predicted molar refractivity (Wildman–Crippen MR) is 62.9 cm³/mol. The standard InChI is InChI=1S/C13H16O6/c14-9-10(15)12(16)18-8-6-17-13(19-11(8)9)7-4-2-1-3-5-7/h1-5,8-16H,6H2/t8-,9-,10-,11-,12?,13?/m1/s1/i13D. The molecule has 0 spiro atoms. The van der Waals surface area contributed by atoms with E-state index in [1.807, 2.05) is 0 Å². The molecule has 3 N–H and O–H groups in total. The summed E-state index contributed by atoms with van der Waals surface area (Å²) in [5.74, 6) is 0. The first-order chi connectivity index (χ1) is 9.51. The minimum atomic E-state index is -1.77. The fourth-order valence-corrected chi connectivity index (χ4v) is 2.24. The molecular formula is C13H16O6. The minimum Gasteiger partial charge on any atom is -0.387 e. The van der Waals surface area contributed by atoms with Crippen LogP contribution in [-0.2, 0) is 14.2 Å². The van der Waals surface area contributed by atoms with Crippen molar-refractivity contribution in [3.8, 4) is 0 Å². The summed E-state index contributed by atoms with van der Waals surface area (Å²) in [5, 5.41) is 29.0. The van der Waals surface area contributed by atoms with Gasteiger partial charge in [0, 0.05) is 5.56 Å². The largest absolute Gasteiger partial charge is 0.387 e. The van der Waals surface area contributed by atoms with Gasteiger partial charge >= 0.3 is 0 Å². The molecule has 0 bridgehead atoms. The van der Waals surface area contributed by atoms with Crippen molar-refractivity contribution in [2.45, 2.75) is 37.0 Å². The second-order valence-electron chi connectivity index (χ2n) is 4.59. The third kappa shape index (κ3) is 2.38. The summed E-state index contributed by atoms with van der Waals surface area (Å²) in [6, 6.07) is 8.65. The number of fused-ring (bicyclic) bond motifs is 1. The van der Waals surface area contributed by atoms with E-state index in [-0.39, 0.29) is 6.61 Å². The Hall–Kier alpha value is -1.02. The lowest BCUT2D eigenvalue weighted by Gasteiger charge is -2.45. The lowest BCUT2D eigenvalue weighted by atomic mass is 9.98. The Morgan fingerprint density at radius 1 is 1.05 bits per heavy atom. The van der Waals surface area contributed by atoms with Crippen molar-refractivity contribution < 1.29 is 30.9 Å². The monoisotopic (exact) mass is 269 g/mol. The van der Waals surface area contributed by atoms with E-state index in [1.54, 1.807) is 30.3 Å². The predicted octanol–water partition coefficient (Wildman–Crippen LogP) is -0.460. The normalized spacial score (nSPS) is 47.3. The van der Waals surface area contributed by atoms with Gasteiger partial charge in [0.1, 0.15) is 24.4 Å². The Labute approximate surface area is 111 Å². The summed E-state index contributed by atoms with van der Waals surface area (Å²) in [4.78, 5) is 0. The van der Waals surface area contributed by atoms with E-state index in [2.05, 4.69) is 0 Å². The molecule has 104 valence electrons. The van der Waals surface area contributed by atoms with Crippen LogP contribution in [0.3, 0.4) is 0 Å². The maximum atomic E-state index is 9.97. The summed E-state index contributed by atoms with van der Waals surface area (Å²) in [5.41, 5.74) is 0.478. The van der Waals surface area contributed by atoms with E-state index in [4.69, 9.17) is 15.6 Å². The molecule has 19 heavy (non-hydrogen) atoms. The Balaban J connectivity index is 1.84. The molecule has 0 saturated carbocycles. The van der Waals surface area contributed by atoms with Gasteiger partial charge in [-0.1, -0.05) is 30.3 Å². The van der Waals surface area contributed by atoms with Gasteiger partial charge in [0.15, 0.2) is 12.6 Å². The lowest BCUT2D eigenvalue weighted by molar-refractivity contribution is -0.354. The molecule has 2 aliphatic heterocycles. The van der Waals surface area contributed by atoms with E-state index in [0.717, 1.165) is 0 Å². The molecule has 6 atom stereocenters. The van der Waals surface area contributed by atoms with Crippen LogP contribution in [0.5, 0.6) is 0 Å². The van der Waals surface area contributed by atoms with Crippen LogP contribution < -0.4 is 0 Å². The van der Waals surface area contributed by atoms with Crippen molar-refractivity contribution in [3.63, 3.8) is 0 Å². The number of aliphatic hydroxyl groups is 3. The van der Waals surface area contributed by atoms with Crippen LogP contribution in [0.25, 0.3) is 0 Å². The maximum Gasteiger partial charge on any atom is 0.184 e. The number of benzene rings is 1. The molecule has 0 radical (unpaired) electrons. The first-order valence-corrected chi connectivity index (χ1v) is 6.08. The molecule has 1 aromatic rings. The second-order valence-corrected chi connectivity index (χ2v) is 4.59. The molecule has 2 unspecified atom stereocenters. The van der Waals surface area contributed by atoms with Gasteiger partial charge in [0.25, 0.3) is 0 Å². The highest BCUT2D eigenvalue weighted by Gasteiger charge is 2.48. The summed E-state index contributed by atoms with van der Waals surface area (Å²) >= 11 is 0. The number of hydrogen-bond donors (Lipinski definition) is 3. The van der Waals surface area contributed by atoms with Crippen LogP contribution in [0, 0.1) is 0 Å². The zero-order chi connectivity index (χ0) is 14.3. The van der Waals surface area contributed by atoms with Crippen LogP contribution >= 0.6 is 0 Å². The van der Waals surface area contributed by atoms with E-state index in [1.165, 1.54) is 0 Å². The molecule has 0 aliphatic carbocycles. The van der Waals surface area contributed by atoms with Gasteiger partial charge in [-0.15, -0.1) is 0 Å². The quantitative estimate of drug-likeness (QED) is 0.639. The average molecular weight is 269 g/mol. The smallest absolute Gasteiger partial charge is 0.184 e. The second kappa shape index (κ2) is 5.16. The van der Waals surface area contributed by atoms with Crippen molar-refractivity contribution in [3.05, 3.63) is 35.9 Å². The molecular weight excluding hydrogens is 252 g/mol. The summed E-state index contributed by atoms with van der Waals surface area (Å²) in [7, 11) is 0. The van der Waals surface area contributed by atoms with Crippen molar-refractivity contribution in [1.29, 1.82) is 0 Å². The zero-order valence-corrected chi connectivity index (χ0v) is 10.0. The molecule has 0 amide bonds. The highest BCUT2D eigenvalue weighted by Crippen LogP contribution is 2.33. The van der Waals surface area contributed by atoms with Gasteiger partial charge < -0.3 is 29.5 Å². The Kier molecular flexibility index (Phi) is 3.20. The number of aliphatic hydroxyl groups excluding tert-OH is 3. The molecule has 6 nitrogen and oxygen atoms in total. The van der Waals surface area contributed by atoms with Crippen molar-refractivity contribution >= 4 is 0 Å². The molecule has 2 heterocycles. The Morgan fingerprint density at radius 2 is 1.79 bits per heavy atom. The molecule has 2 saturated heterocycles. The summed E-state index contributed by atoms with van der Waals surface area (Å²) < 4.78 is 24.2. The van der Waals surface area contributed by atoms with Crippen molar-refractivity contribution in [2.24, 2.45) is 0 Å². The zero-order valence-electron chi connectivity index (χ0n) is 11.0. The molecule has 3 rings (SSSR count). The van der Waals surface area contributed by atoms with Crippen molar-refractivity contribution in [2.75, 3.05) is 6.61 Å². The Morgan fingerprint density at radius 3 is 2.53 bits per heavy atom. The maximum absolute atomic E-state index is 9.97. The van der Waals surface area contributed by atoms with Crippen LogP contribution in [0.1, 0.15) is 13.2 Å².